The van der Waals surface area contributed by atoms with Crippen molar-refractivity contribution in [3.63, 3.8) is 0 Å². The number of rotatable bonds is 11. The summed E-state index contributed by atoms with van der Waals surface area (Å²) in [5, 5.41) is 15.4. The van der Waals surface area contributed by atoms with Gasteiger partial charge >= 0.3 is 18.2 Å². The average Bonchev–Trinajstić information content (AvgIpc) is 3.09. The minimum atomic E-state index is -0.534. The van der Waals surface area contributed by atoms with Crippen molar-refractivity contribution in [2.24, 2.45) is 0 Å². The molecule has 0 unspecified atom stereocenters. The molecule has 56 heavy (non-hydrogen) atoms. The van der Waals surface area contributed by atoms with Crippen molar-refractivity contribution in [1.82, 2.24) is 24.8 Å². The summed E-state index contributed by atoms with van der Waals surface area (Å²) in [7, 11) is 1.70. The van der Waals surface area contributed by atoms with E-state index in [-0.39, 0.29) is 35.0 Å². The summed E-state index contributed by atoms with van der Waals surface area (Å²) in [6.07, 6.45) is 0.313. The first kappa shape index (κ1) is 46.0. The van der Waals surface area contributed by atoms with Gasteiger partial charge in [0.25, 0.3) is 0 Å². The van der Waals surface area contributed by atoms with Crippen LogP contribution in [0, 0.1) is 0 Å². The normalized spacial score (nSPS) is 11.0. The Balaban J connectivity index is 0.000000329. The lowest BCUT2D eigenvalue weighted by Crippen LogP contribution is -2.35. The predicted octanol–water partition coefficient (Wildman–Crippen LogP) is 11.4. The van der Waals surface area contributed by atoms with Crippen LogP contribution in [0.4, 0.5) is 43.5 Å². The number of halogens is 5. The first-order valence-corrected chi connectivity index (χ1v) is 19.3. The predicted molar refractivity (Wildman–Crippen MR) is 227 cm³/mol. The Bertz CT molecular complexity index is 2000. The van der Waals surface area contributed by atoms with Crippen molar-refractivity contribution in [3.05, 3.63) is 85.2 Å². The summed E-state index contributed by atoms with van der Waals surface area (Å²) in [5.41, 5.74) is 1.96. The SMILES string of the molecule is CC(C)c1cc(Cl)nc(NC(=O)Nc2ccc(Cl)c(Cl)c2)n1.CC(C)c1cc(NCCCN(C)C(=O)OC(C)(C)C)nc(NC(=O)Nc2ccc(Cl)c(Cl)c2)n1. The van der Waals surface area contributed by atoms with Crippen molar-refractivity contribution in [2.45, 2.75) is 72.3 Å². The zero-order valence-corrected chi connectivity index (χ0v) is 35.9. The van der Waals surface area contributed by atoms with Gasteiger partial charge in [-0.25, -0.2) is 29.3 Å². The van der Waals surface area contributed by atoms with E-state index in [1.54, 1.807) is 49.5 Å². The molecule has 14 nitrogen and oxygen atoms in total. The van der Waals surface area contributed by atoms with E-state index in [1.165, 1.54) is 4.90 Å². The van der Waals surface area contributed by atoms with Gasteiger partial charge in [0.1, 0.15) is 16.6 Å². The summed E-state index contributed by atoms with van der Waals surface area (Å²) in [6, 6.07) is 12.0. The number of ether oxygens (including phenoxy) is 1. The molecule has 4 rings (SSSR count). The zero-order valence-electron chi connectivity index (χ0n) is 32.2. The Hall–Kier alpha value is -4.34. The Kier molecular flexibility index (Phi) is 17.5. The molecular formula is C37H45Cl5N10O4. The number of hydrogen-bond donors (Lipinski definition) is 5. The van der Waals surface area contributed by atoms with E-state index in [1.807, 2.05) is 54.5 Å². The molecule has 302 valence electrons. The van der Waals surface area contributed by atoms with Crippen LogP contribution in [0.15, 0.2) is 48.5 Å². The van der Waals surface area contributed by atoms with E-state index < -0.39 is 17.7 Å². The van der Waals surface area contributed by atoms with E-state index in [0.717, 1.165) is 11.4 Å². The molecule has 5 amide bonds. The molecule has 0 atom stereocenters. The van der Waals surface area contributed by atoms with E-state index in [4.69, 9.17) is 62.7 Å². The van der Waals surface area contributed by atoms with Crippen molar-refractivity contribution in [2.75, 3.05) is 46.7 Å². The maximum absolute atomic E-state index is 12.4. The molecule has 4 aromatic rings. The van der Waals surface area contributed by atoms with Gasteiger partial charge in [-0.3, -0.25) is 10.6 Å². The van der Waals surface area contributed by atoms with E-state index in [9.17, 15) is 14.4 Å². The highest BCUT2D eigenvalue weighted by Gasteiger charge is 2.19. The fraction of sp³-hybridized carbons (Fsp3) is 0.378. The number of aromatic nitrogens is 4. The number of hydrogen-bond acceptors (Lipinski definition) is 9. The second kappa shape index (κ2) is 21.3. The molecule has 5 N–H and O–H groups in total. The summed E-state index contributed by atoms with van der Waals surface area (Å²) in [5.74, 6) is 1.16. The minimum Gasteiger partial charge on any atom is -0.444 e. The number of nitrogens with one attached hydrogen (secondary N) is 5. The van der Waals surface area contributed by atoms with E-state index in [0.29, 0.717) is 56.8 Å². The van der Waals surface area contributed by atoms with Gasteiger partial charge in [-0.1, -0.05) is 85.7 Å². The maximum Gasteiger partial charge on any atom is 0.410 e. The van der Waals surface area contributed by atoms with Crippen LogP contribution in [0.25, 0.3) is 0 Å². The molecule has 2 heterocycles. The molecule has 2 aromatic heterocycles. The van der Waals surface area contributed by atoms with Gasteiger partial charge in [-0.2, -0.15) is 4.98 Å². The third kappa shape index (κ3) is 16.0. The molecule has 0 spiro atoms. The lowest BCUT2D eigenvalue weighted by molar-refractivity contribution is 0.0298. The molecular weight excluding hydrogens is 826 g/mol. The number of nitrogens with zero attached hydrogens (tertiary/aromatic N) is 5. The standard InChI is InChI=1S/C23H32Cl2N6O3.C14H13Cl3N4O/c1-14(2)18-13-19(26-10-7-11-31(6)22(33)34-23(3,4)5)29-20(28-18)30-21(32)27-15-8-9-16(24)17(25)12-15;1-7(2)11-6-12(17)20-13(19-11)21-14(22)18-8-3-4-9(15)10(16)5-8/h8-9,12-14H,7,10-11H2,1-6H3,(H3,26,27,28,29,30,32);3-7H,1-2H3,(H2,18,19,20,21,22). The molecule has 2 aromatic carbocycles. The van der Waals surface area contributed by atoms with Crippen LogP contribution in [0.2, 0.25) is 25.2 Å². The average molecular weight is 871 g/mol. The van der Waals surface area contributed by atoms with Crippen molar-refractivity contribution >= 4 is 105 Å². The number of urea groups is 2. The molecule has 0 saturated carbocycles. The molecule has 0 aliphatic heterocycles. The minimum absolute atomic E-state index is 0.125. The van der Waals surface area contributed by atoms with E-state index in [2.05, 4.69) is 46.5 Å². The van der Waals surface area contributed by atoms with E-state index >= 15 is 0 Å². The number of anilines is 5. The van der Waals surface area contributed by atoms with Gasteiger partial charge in [0.05, 0.1) is 31.5 Å². The molecule has 0 fully saturated rings. The number of carbonyl (C=O) groups is 3. The van der Waals surface area contributed by atoms with Gasteiger partial charge in [0.15, 0.2) is 0 Å². The third-order valence-electron chi connectivity index (χ3n) is 7.13. The largest absolute Gasteiger partial charge is 0.444 e. The quantitative estimate of drug-likeness (QED) is 0.0725. The number of amides is 5. The van der Waals surface area contributed by atoms with Crippen molar-refractivity contribution < 1.29 is 19.1 Å². The van der Waals surface area contributed by atoms with Crippen LogP contribution in [-0.2, 0) is 4.74 Å². The monoisotopic (exact) mass is 868 g/mol. The summed E-state index contributed by atoms with van der Waals surface area (Å²) in [6.45, 7) is 14.5. The first-order valence-electron chi connectivity index (χ1n) is 17.4. The molecule has 0 saturated heterocycles. The maximum atomic E-state index is 12.4. The van der Waals surface area contributed by atoms with Crippen LogP contribution in [0.1, 0.15) is 78.1 Å². The van der Waals surface area contributed by atoms with Gasteiger partial charge in [-0.15, -0.1) is 0 Å². The molecule has 0 bridgehead atoms. The summed E-state index contributed by atoms with van der Waals surface area (Å²) < 4.78 is 5.35. The van der Waals surface area contributed by atoms with Crippen LogP contribution >= 0.6 is 58.0 Å². The van der Waals surface area contributed by atoms with Crippen LogP contribution in [-0.4, -0.2) is 68.7 Å². The first-order chi connectivity index (χ1) is 26.2. The smallest absolute Gasteiger partial charge is 0.410 e. The van der Waals surface area contributed by atoms with Gasteiger partial charge < -0.3 is 25.6 Å². The fourth-order valence-corrected chi connectivity index (χ4v) is 5.12. The Morgan fingerprint density at radius 2 is 1.16 bits per heavy atom. The zero-order chi connectivity index (χ0) is 41.7. The van der Waals surface area contributed by atoms with Gasteiger partial charge in [0.2, 0.25) is 11.9 Å². The highest BCUT2D eigenvalue weighted by molar-refractivity contribution is 6.42. The second-order valence-corrected chi connectivity index (χ2v) is 15.9. The third-order valence-corrected chi connectivity index (χ3v) is 8.80. The van der Waals surface area contributed by atoms with Crippen LogP contribution in [0.5, 0.6) is 0 Å². The second-order valence-electron chi connectivity index (χ2n) is 13.8. The fourth-order valence-electron chi connectivity index (χ4n) is 4.33. The van der Waals surface area contributed by atoms with Crippen LogP contribution < -0.4 is 26.6 Å². The molecule has 0 aliphatic rings. The van der Waals surface area contributed by atoms with Gasteiger partial charge in [-0.05, 0) is 81.5 Å². The number of carbonyl (C=O) groups excluding carboxylic acids is 3. The van der Waals surface area contributed by atoms with Crippen LogP contribution in [0.3, 0.4) is 0 Å². The Labute approximate surface area is 351 Å². The Morgan fingerprint density at radius 3 is 1.62 bits per heavy atom. The summed E-state index contributed by atoms with van der Waals surface area (Å²) in [4.78, 5) is 55.0. The Morgan fingerprint density at radius 1 is 0.679 bits per heavy atom. The topological polar surface area (TPSA) is 175 Å². The highest BCUT2D eigenvalue weighted by Crippen LogP contribution is 2.27. The molecule has 0 aliphatic carbocycles. The lowest BCUT2D eigenvalue weighted by Gasteiger charge is -2.24. The molecule has 0 radical (unpaired) electrons. The van der Waals surface area contributed by atoms with Gasteiger partial charge in [0, 0.05) is 37.6 Å². The van der Waals surface area contributed by atoms with Crippen molar-refractivity contribution in [3.8, 4) is 0 Å². The highest BCUT2D eigenvalue weighted by atomic mass is 35.5. The summed E-state index contributed by atoms with van der Waals surface area (Å²) >= 11 is 29.5. The van der Waals surface area contributed by atoms with Crippen molar-refractivity contribution in [1.29, 1.82) is 0 Å². The number of benzene rings is 2. The lowest BCUT2D eigenvalue weighted by atomic mass is 10.1. The molecule has 19 heteroatoms.